The number of hydrogen-bond acceptors (Lipinski definition) is 2. The fraction of sp³-hybridized carbons (Fsp3) is 0.588. The molecule has 0 bridgehead atoms. The van der Waals surface area contributed by atoms with Gasteiger partial charge in [-0.2, -0.15) is 0 Å². The predicted molar refractivity (Wildman–Crippen MR) is 90.1 cm³/mol. The number of benzene rings is 1. The molecular formula is C17H25BrN2O. The van der Waals surface area contributed by atoms with Crippen molar-refractivity contribution in [3.05, 3.63) is 34.3 Å². The van der Waals surface area contributed by atoms with Crippen LogP contribution in [0.2, 0.25) is 0 Å². The lowest BCUT2D eigenvalue weighted by Gasteiger charge is -2.33. The van der Waals surface area contributed by atoms with E-state index in [1.165, 1.54) is 5.56 Å². The van der Waals surface area contributed by atoms with Crippen molar-refractivity contribution < 1.29 is 4.79 Å². The minimum Gasteiger partial charge on any atom is -0.336 e. The summed E-state index contributed by atoms with van der Waals surface area (Å²) in [7, 11) is 0. The molecule has 1 amide bonds. The number of nitrogens with zero attached hydrogens (tertiary/aromatic N) is 1. The zero-order valence-electron chi connectivity index (χ0n) is 13.1. The van der Waals surface area contributed by atoms with Crippen molar-refractivity contribution in [2.75, 3.05) is 19.6 Å². The summed E-state index contributed by atoms with van der Waals surface area (Å²) in [5.74, 6) is 0.822. The van der Waals surface area contributed by atoms with Crippen LogP contribution in [0.3, 0.4) is 0 Å². The van der Waals surface area contributed by atoms with Gasteiger partial charge < -0.3 is 10.2 Å². The first-order valence-corrected chi connectivity index (χ1v) is 8.61. The molecule has 0 aliphatic carbocycles. The van der Waals surface area contributed by atoms with Crippen LogP contribution in [-0.2, 0) is 4.79 Å². The fourth-order valence-electron chi connectivity index (χ4n) is 3.07. The van der Waals surface area contributed by atoms with Gasteiger partial charge in [-0.15, -0.1) is 0 Å². The van der Waals surface area contributed by atoms with Gasteiger partial charge >= 0.3 is 0 Å². The van der Waals surface area contributed by atoms with Gasteiger partial charge in [-0.3, -0.25) is 4.79 Å². The first-order chi connectivity index (χ1) is 10.1. The molecule has 1 aromatic carbocycles. The number of carbonyl (C=O) groups excluding carboxylic acids is 1. The number of carbonyl (C=O) groups is 1. The molecule has 21 heavy (non-hydrogen) atoms. The van der Waals surface area contributed by atoms with Crippen LogP contribution in [0.25, 0.3) is 0 Å². The van der Waals surface area contributed by atoms with E-state index in [1.54, 1.807) is 0 Å². The topological polar surface area (TPSA) is 32.3 Å². The van der Waals surface area contributed by atoms with Gasteiger partial charge in [0.05, 0.1) is 12.0 Å². The molecule has 4 heteroatoms. The van der Waals surface area contributed by atoms with Crippen molar-refractivity contribution in [1.29, 1.82) is 0 Å². The number of nitrogens with one attached hydrogen (secondary N) is 1. The highest BCUT2D eigenvalue weighted by Crippen LogP contribution is 2.30. The van der Waals surface area contributed by atoms with Crippen molar-refractivity contribution in [3.8, 4) is 0 Å². The van der Waals surface area contributed by atoms with Crippen molar-refractivity contribution >= 4 is 21.8 Å². The van der Waals surface area contributed by atoms with Crippen molar-refractivity contribution in [2.24, 2.45) is 11.8 Å². The van der Waals surface area contributed by atoms with E-state index < -0.39 is 0 Å². The third kappa shape index (κ3) is 3.67. The average Bonchev–Trinajstić information content (AvgIpc) is 2.90. The van der Waals surface area contributed by atoms with E-state index >= 15 is 0 Å². The van der Waals surface area contributed by atoms with E-state index in [1.807, 2.05) is 23.1 Å². The van der Waals surface area contributed by atoms with Gasteiger partial charge in [0.2, 0.25) is 5.91 Å². The zero-order chi connectivity index (χ0) is 15.4. The maximum absolute atomic E-state index is 12.9. The maximum Gasteiger partial charge on any atom is 0.227 e. The Morgan fingerprint density at radius 3 is 2.71 bits per heavy atom. The van der Waals surface area contributed by atoms with Gasteiger partial charge in [0.1, 0.15) is 0 Å². The Balaban J connectivity index is 2.22. The van der Waals surface area contributed by atoms with Crippen LogP contribution in [0, 0.1) is 11.8 Å². The van der Waals surface area contributed by atoms with Crippen molar-refractivity contribution in [3.63, 3.8) is 0 Å². The SMILES string of the molecule is CCCN(C(=O)[C@@H]1CNC[C@H]1C)C(C)c1ccccc1Br. The number of amides is 1. The van der Waals surface area contributed by atoms with E-state index in [0.717, 1.165) is 30.5 Å². The lowest BCUT2D eigenvalue weighted by Crippen LogP contribution is -2.41. The highest BCUT2D eigenvalue weighted by Gasteiger charge is 2.34. The average molecular weight is 353 g/mol. The molecule has 1 heterocycles. The molecule has 1 aromatic rings. The smallest absolute Gasteiger partial charge is 0.227 e. The third-order valence-electron chi connectivity index (χ3n) is 4.41. The highest BCUT2D eigenvalue weighted by molar-refractivity contribution is 9.10. The van der Waals surface area contributed by atoms with Gasteiger partial charge in [0, 0.05) is 17.6 Å². The molecule has 0 radical (unpaired) electrons. The Labute approximate surface area is 136 Å². The maximum atomic E-state index is 12.9. The molecule has 2 rings (SSSR count). The zero-order valence-corrected chi connectivity index (χ0v) is 14.7. The fourth-order valence-corrected chi connectivity index (χ4v) is 3.69. The van der Waals surface area contributed by atoms with Gasteiger partial charge in [-0.1, -0.05) is 48.0 Å². The molecule has 116 valence electrons. The second kappa shape index (κ2) is 7.41. The Morgan fingerprint density at radius 2 is 2.14 bits per heavy atom. The second-order valence-corrected chi connectivity index (χ2v) is 6.83. The van der Waals surface area contributed by atoms with Crippen LogP contribution in [-0.4, -0.2) is 30.4 Å². The molecule has 1 aliphatic heterocycles. The van der Waals surface area contributed by atoms with E-state index in [4.69, 9.17) is 0 Å². The normalized spacial score (nSPS) is 23.0. The van der Waals surface area contributed by atoms with Crippen molar-refractivity contribution in [2.45, 2.75) is 33.2 Å². The molecule has 0 spiro atoms. The van der Waals surface area contributed by atoms with Crippen LogP contribution in [0.4, 0.5) is 0 Å². The molecule has 0 saturated carbocycles. The van der Waals surface area contributed by atoms with Gasteiger partial charge in [0.25, 0.3) is 0 Å². The van der Waals surface area contributed by atoms with Crippen LogP contribution < -0.4 is 5.32 Å². The van der Waals surface area contributed by atoms with Crippen molar-refractivity contribution in [1.82, 2.24) is 10.2 Å². The van der Waals surface area contributed by atoms with Gasteiger partial charge in [-0.25, -0.2) is 0 Å². The lowest BCUT2D eigenvalue weighted by atomic mass is 9.95. The van der Waals surface area contributed by atoms with Crippen LogP contribution in [0.15, 0.2) is 28.7 Å². The van der Waals surface area contributed by atoms with Gasteiger partial charge in [-0.05, 0) is 37.4 Å². The van der Waals surface area contributed by atoms with E-state index in [2.05, 4.69) is 48.1 Å². The first kappa shape index (κ1) is 16.5. The number of halogens is 1. The number of hydrogen-bond donors (Lipinski definition) is 1. The summed E-state index contributed by atoms with van der Waals surface area (Å²) in [6.07, 6.45) is 0.981. The molecule has 1 fully saturated rings. The monoisotopic (exact) mass is 352 g/mol. The second-order valence-electron chi connectivity index (χ2n) is 5.97. The minimum absolute atomic E-state index is 0.0980. The summed E-state index contributed by atoms with van der Waals surface area (Å²) in [4.78, 5) is 15.0. The Kier molecular flexibility index (Phi) is 5.82. The first-order valence-electron chi connectivity index (χ1n) is 7.81. The molecular weight excluding hydrogens is 328 g/mol. The molecule has 3 atom stereocenters. The third-order valence-corrected chi connectivity index (χ3v) is 5.13. The van der Waals surface area contributed by atoms with Crippen LogP contribution >= 0.6 is 15.9 Å². The summed E-state index contributed by atoms with van der Waals surface area (Å²) in [6.45, 7) is 8.98. The molecule has 1 saturated heterocycles. The lowest BCUT2D eigenvalue weighted by molar-refractivity contribution is -0.138. The minimum atomic E-state index is 0.0980. The summed E-state index contributed by atoms with van der Waals surface area (Å²) >= 11 is 3.61. The van der Waals surface area contributed by atoms with Gasteiger partial charge in [0.15, 0.2) is 0 Å². The summed E-state index contributed by atoms with van der Waals surface area (Å²) in [6, 6.07) is 8.28. The van der Waals surface area contributed by atoms with E-state index in [-0.39, 0.29) is 17.9 Å². The Hall–Kier alpha value is -0.870. The van der Waals surface area contributed by atoms with E-state index in [9.17, 15) is 4.79 Å². The standard InChI is InChI=1S/C17H25BrN2O/c1-4-9-20(17(21)15-11-19-10-12(15)2)13(3)14-7-5-6-8-16(14)18/h5-8,12-13,15,19H,4,9-11H2,1-3H3/t12-,13?,15-/m1/s1. The van der Waals surface area contributed by atoms with Crippen LogP contribution in [0.1, 0.15) is 38.8 Å². The quantitative estimate of drug-likeness (QED) is 0.877. The summed E-state index contributed by atoms with van der Waals surface area (Å²) in [5.41, 5.74) is 1.18. The Morgan fingerprint density at radius 1 is 1.43 bits per heavy atom. The highest BCUT2D eigenvalue weighted by atomic mass is 79.9. The molecule has 0 aromatic heterocycles. The molecule has 3 nitrogen and oxygen atoms in total. The van der Waals surface area contributed by atoms with Crippen LogP contribution in [0.5, 0.6) is 0 Å². The number of rotatable bonds is 5. The summed E-state index contributed by atoms with van der Waals surface area (Å²) < 4.78 is 1.07. The predicted octanol–water partition coefficient (Wildman–Crippen LogP) is 3.60. The molecule has 1 unspecified atom stereocenters. The largest absolute Gasteiger partial charge is 0.336 e. The molecule has 1 N–H and O–H groups in total. The summed E-state index contributed by atoms with van der Waals surface area (Å²) in [5, 5.41) is 3.33. The van der Waals surface area contributed by atoms with E-state index in [0.29, 0.717) is 5.92 Å². The Bertz CT molecular complexity index is 491. The molecule has 1 aliphatic rings.